The molecule has 1 aromatic heterocycles. The summed E-state index contributed by atoms with van der Waals surface area (Å²) in [5.41, 5.74) is 0. The van der Waals surface area contributed by atoms with Crippen LogP contribution in [0.15, 0.2) is 17.0 Å². The fraction of sp³-hybridized carbons (Fsp3) is 0.600. The number of halogens is 1. The van der Waals surface area contributed by atoms with Gasteiger partial charge in [0.2, 0.25) is 0 Å². The zero-order valence-electron chi connectivity index (χ0n) is 8.04. The molecule has 14 heavy (non-hydrogen) atoms. The average Bonchev–Trinajstić information content (AvgIpc) is 2.09. The molecule has 76 valence electrons. The fourth-order valence-electron chi connectivity index (χ4n) is 1.62. The summed E-state index contributed by atoms with van der Waals surface area (Å²) in [6, 6.07) is 1.90. The zero-order chi connectivity index (χ0) is 9.80. The molecule has 1 aromatic rings. The summed E-state index contributed by atoms with van der Waals surface area (Å²) in [7, 11) is 0. The monoisotopic (exact) mass is 255 g/mol. The van der Waals surface area contributed by atoms with Crippen LogP contribution in [0.2, 0.25) is 0 Å². The minimum absolute atomic E-state index is 0.832. The van der Waals surface area contributed by atoms with Gasteiger partial charge in [-0.15, -0.1) is 0 Å². The highest BCUT2D eigenvalue weighted by Gasteiger charge is 2.16. The van der Waals surface area contributed by atoms with Crippen LogP contribution in [0.3, 0.4) is 0 Å². The smallest absolute Gasteiger partial charge is 0.130 e. The molecule has 0 saturated heterocycles. The van der Waals surface area contributed by atoms with Crippen molar-refractivity contribution < 1.29 is 0 Å². The standard InChI is InChI=1S/C10H14BrN3/c11-9-6-10(14-7-13-9)12-5-4-8-2-1-3-8/h6-8H,1-5H2,(H,12,13,14). The summed E-state index contributed by atoms with van der Waals surface area (Å²) < 4.78 is 0.832. The number of nitrogens with one attached hydrogen (secondary N) is 1. The molecule has 1 aliphatic rings. The van der Waals surface area contributed by atoms with Gasteiger partial charge in [-0.3, -0.25) is 0 Å². The maximum atomic E-state index is 4.13. The molecule has 4 heteroatoms. The lowest BCUT2D eigenvalue weighted by Crippen LogP contribution is -2.15. The predicted molar refractivity (Wildman–Crippen MR) is 60.2 cm³/mol. The normalized spacial score (nSPS) is 16.4. The molecule has 0 atom stereocenters. The Balaban J connectivity index is 1.74. The van der Waals surface area contributed by atoms with Gasteiger partial charge in [-0.05, 0) is 28.3 Å². The zero-order valence-corrected chi connectivity index (χ0v) is 9.63. The van der Waals surface area contributed by atoms with Gasteiger partial charge < -0.3 is 5.32 Å². The van der Waals surface area contributed by atoms with Crippen LogP contribution in [0.25, 0.3) is 0 Å². The first-order valence-corrected chi connectivity index (χ1v) is 5.85. The van der Waals surface area contributed by atoms with E-state index < -0.39 is 0 Å². The van der Waals surface area contributed by atoms with Crippen LogP contribution < -0.4 is 5.32 Å². The molecule has 1 saturated carbocycles. The van der Waals surface area contributed by atoms with E-state index in [2.05, 4.69) is 31.2 Å². The first-order valence-electron chi connectivity index (χ1n) is 5.06. The third kappa shape index (κ3) is 2.67. The Hall–Kier alpha value is -0.640. The molecule has 1 heterocycles. The Morgan fingerprint density at radius 3 is 2.93 bits per heavy atom. The number of aromatic nitrogens is 2. The van der Waals surface area contributed by atoms with Crippen LogP contribution in [0.4, 0.5) is 5.82 Å². The van der Waals surface area contributed by atoms with Crippen LogP contribution >= 0.6 is 15.9 Å². The molecule has 0 bridgehead atoms. The summed E-state index contributed by atoms with van der Waals surface area (Å²) in [4.78, 5) is 8.10. The molecule has 1 N–H and O–H groups in total. The second-order valence-electron chi connectivity index (χ2n) is 3.74. The Kier molecular flexibility index (Phi) is 3.35. The number of hydrogen-bond acceptors (Lipinski definition) is 3. The van der Waals surface area contributed by atoms with E-state index in [1.165, 1.54) is 25.7 Å². The highest BCUT2D eigenvalue weighted by molar-refractivity contribution is 9.10. The van der Waals surface area contributed by atoms with Crippen LogP contribution in [0.1, 0.15) is 25.7 Å². The molecule has 0 unspecified atom stereocenters. The third-order valence-corrected chi connectivity index (χ3v) is 3.15. The van der Waals surface area contributed by atoms with Gasteiger partial charge in [0.25, 0.3) is 0 Å². The topological polar surface area (TPSA) is 37.8 Å². The lowest BCUT2D eigenvalue weighted by molar-refractivity contribution is 0.303. The van der Waals surface area contributed by atoms with Gasteiger partial charge in [-0.25, -0.2) is 9.97 Å². The van der Waals surface area contributed by atoms with E-state index in [1.807, 2.05) is 6.07 Å². The molecule has 0 radical (unpaired) electrons. The Morgan fingerprint density at radius 1 is 1.43 bits per heavy atom. The summed E-state index contributed by atoms with van der Waals surface area (Å²) in [5.74, 6) is 1.86. The van der Waals surface area contributed by atoms with Crippen molar-refractivity contribution in [3.8, 4) is 0 Å². The van der Waals surface area contributed by atoms with Crippen molar-refractivity contribution in [3.05, 3.63) is 17.0 Å². The number of rotatable bonds is 4. The first-order chi connectivity index (χ1) is 6.84. The van der Waals surface area contributed by atoms with E-state index >= 15 is 0 Å². The highest BCUT2D eigenvalue weighted by Crippen LogP contribution is 2.29. The third-order valence-electron chi connectivity index (χ3n) is 2.72. The van der Waals surface area contributed by atoms with Gasteiger partial charge in [-0.2, -0.15) is 0 Å². The van der Waals surface area contributed by atoms with Crippen LogP contribution in [-0.4, -0.2) is 16.5 Å². The fourth-order valence-corrected chi connectivity index (χ4v) is 1.92. The second kappa shape index (κ2) is 4.73. The van der Waals surface area contributed by atoms with Crippen molar-refractivity contribution in [2.24, 2.45) is 5.92 Å². The molecule has 0 aromatic carbocycles. The molecular formula is C10H14BrN3. The van der Waals surface area contributed by atoms with Gasteiger partial charge in [0.1, 0.15) is 16.7 Å². The quantitative estimate of drug-likeness (QED) is 0.842. The average molecular weight is 256 g/mol. The number of anilines is 1. The summed E-state index contributed by atoms with van der Waals surface area (Å²) in [6.07, 6.45) is 7.07. The first kappa shape index (κ1) is 9.90. The molecule has 0 spiro atoms. The molecule has 0 aliphatic heterocycles. The second-order valence-corrected chi connectivity index (χ2v) is 4.55. The predicted octanol–water partition coefficient (Wildman–Crippen LogP) is 2.84. The van der Waals surface area contributed by atoms with Crippen LogP contribution in [0, 0.1) is 5.92 Å². The van der Waals surface area contributed by atoms with E-state index in [-0.39, 0.29) is 0 Å². The summed E-state index contributed by atoms with van der Waals surface area (Å²) in [5, 5.41) is 3.30. The SMILES string of the molecule is Brc1cc(NCCC2CCC2)ncn1. The summed E-state index contributed by atoms with van der Waals surface area (Å²) >= 11 is 3.32. The molecule has 1 aliphatic carbocycles. The van der Waals surface area contributed by atoms with E-state index in [1.54, 1.807) is 6.33 Å². The maximum absolute atomic E-state index is 4.13. The minimum atomic E-state index is 0.832. The molecule has 2 rings (SSSR count). The van der Waals surface area contributed by atoms with Gasteiger partial charge in [0.05, 0.1) is 0 Å². The molecule has 3 nitrogen and oxygen atoms in total. The van der Waals surface area contributed by atoms with Gasteiger partial charge >= 0.3 is 0 Å². The Labute approximate surface area is 92.5 Å². The van der Waals surface area contributed by atoms with Crippen molar-refractivity contribution in [3.63, 3.8) is 0 Å². The number of nitrogens with zero attached hydrogens (tertiary/aromatic N) is 2. The minimum Gasteiger partial charge on any atom is -0.370 e. The Bertz CT molecular complexity index is 299. The Morgan fingerprint density at radius 2 is 2.29 bits per heavy atom. The van der Waals surface area contributed by atoms with Crippen molar-refractivity contribution in [2.45, 2.75) is 25.7 Å². The van der Waals surface area contributed by atoms with E-state index in [9.17, 15) is 0 Å². The maximum Gasteiger partial charge on any atom is 0.130 e. The molecule has 0 amide bonds. The van der Waals surface area contributed by atoms with Crippen molar-refractivity contribution >= 4 is 21.7 Å². The highest BCUT2D eigenvalue weighted by atomic mass is 79.9. The summed E-state index contributed by atoms with van der Waals surface area (Å²) in [6.45, 7) is 1.02. The molecule has 1 fully saturated rings. The van der Waals surface area contributed by atoms with Gasteiger partial charge in [0.15, 0.2) is 0 Å². The van der Waals surface area contributed by atoms with Crippen molar-refractivity contribution in [1.82, 2.24) is 9.97 Å². The lowest BCUT2D eigenvalue weighted by atomic mass is 9.83. The van der Waals surface area contributed by atoms with Gasteiger partial charge in [0, 0.05) is 12.6 Å². The van der Waals surface area contributed by atoms with Gasteiger partial charge in [-0.1, -0.05) is 19.3 Å². The van der Waals surface area contributed by atoms with Crippen molar-refractivity contribution in [1.29, 1.82) is 0 Å². The van der Waals surface area contributed by atoms with Crippen molar-refractivity contribution in [2.75, 3.05) is 11.9 Å². The van der Waals surface area contributed by atoms with E-state index in [4.69, 9.17) is 0 Å². The molecular weight excluding hydrogens is 242 g/mol. The van der Waals surface area contributed by atoms with Crippen LogP contribution in [0.5, 0.6) is 0 Å². The van der Waals surface area contributed by atoms with Crippen LogP contribution in [-0.2, 0) is 0 Å². The largest absolute Gasteiger partial charge is 0.370 e. The number of hydrogen-bond donors (Lipinski definition) is 1. The van der Waals surface area contributed by atoms with E-state index in [0.29, 0.717) is 0 Å². The lowest BCUT2D eigenvalue weighted by Gasteiger charge is -2.25. The van der Waals surface area contributed by atoms with E-state index in [0.717, 1.165) is 22.9 Å².